The van der Waals surface area contributed by atoms with Gasteiger partial charge >= 0.3 is 101 Å². The Kier molecular flexibility index (Phi) is 10.2. The number of benzene rings is 1. The van der Waals surface area contributed by atoms with Gasteiger partial charge in [-0.3, -0.25) is 0 Å². The van der Waals surface area contributed by atoms with E-state index in [1.165, 1.54) is 18.2 Å². The molecule has 0 heterocycles. The van der Waals surface area contributed by atoms with Crippen LogP contribution in [0.4, 0.5) is 0 Å². The number of esters is 1. The summed E-state index contributed by atoms with van der Waals surface area (Å²) in [6, 6.07) is 8.24. The van der Waals surface area contributed by atoms with Gasteiger partial charge in [-0.2, -0.15) is 0 Å². The van der Waals surface area contributed by atoms with E-state index in [1.54, 1.807) is 0 Å². The van der Waals surface area contributed by atoms with Crippen LogP contribution in [0.3, 0.4) is 0 Å². The molecule has 1 atom stereocenters. The SMILES string of the molecule is COC(=O)CC1=Cc2ccccc2[CH]1[Ti+3].[Cl-].[Cl-].[Cl-]. The van der Waals surface area contributed by atoms with E-state index < -0.39 is 0 Å². The van der Waals surface area contributed by atoms with E-state index in [2.05, 4.69) is 43.4 Å². The average Bonchev–Trinajstić information content (AvgIpc) is 2.57. The first-order chi connectivity index (χ1) is 7.22. The summed E-state index contributed by atoms with van der Waals surface area (Å²) < 4.78 is 5.01. The number of halogens is 3. The molecule has 6 heteroatoms. The molecule has 0 amide bonds. The van der Waals surface area contributed by atoms with Gasteiger partial charge in [0.2, 0.25) is 0 Å². The number of methoxy groups -OCH3 is 1. The van der Waals surface area contributed by atoms with Gasteiger partial charge in [0.05, 0.1) is 0 Å². The van der Waals surface area contributed by atoms with E-state index in [-0.39, 0.29) is 43.2 Å². The fourth-order valence-corrected chi connectivity index (χ4v) is 2.48. The Morgan fingerprint density at radius 1 is 1.28 bits per heavy atom. The zero-order chi connectivity index (χ0) is 10.8. The van der Waals surface area contributed by atoms with Crippen LogP contribution in [0.1, 0.15) is 21.8 Å². The Morgan fingerprint density at radius 2 is 1.89 bits per heavy atom. The molecule has 18 heavy (non-hydrogen) atoms. The number of ether oxygens (including phenoxy) is 1. The van der Waals surface area contributed by atoms with Gasteiger partial charge in [-0.15, -0.1) is 0 Å². The molecule has 1 unspecified atom stereocenters. The Balaban J connectivity index is 0. The number of carbonyl (C=O) groups excluding carboxylic acids is 1. The number of carbonyl (C=O) groups is 1. The molecule has 0 N–H and O–H groups in total. The van der Waals surface area contributed by atoms with Crippen molar-refractivity contribution in [2.75, 3.05) is 7.11 Å². The predicted octanol–water partition coefficient (Wildman–Crippen LogP) is -6.75. The maximum atomic E-state index is 11.2. The summed E-state index contributed by atoms with van der Waals surface area (Å²) in [7, 11) is 1.43. The van der Waals surface area contributed by atoms with E-state index >= 15 is 0 Å². The molecule has 1 aliphatic rings. The van der Waals surface area contributed by atoms with Gasteiger partial charge in [-0.1, -0.05) is 0 Å². The molecule has 0 saturated heterocycles. The van der Waals surface area contributed by atoms with Crippen LogP contribution in [0.25, 0.3) is 6.08 Å². The average molecular weight is 341 g/mol. The van der Waals surface area contributed by atoms with Gasteiger partial charge in [-0.05, 0) is 0 Å². The molecule has 0 saturated carbocycles. The Labute approximate surface area is 137 Å². The normalized spacial score (nSPS) is 15.3. The third kappa shape index (κ3) is 4.29. The zero-order valence-corrected chi connectivity index (χ0v) is 13.5. The van der Waals surface area contributed by atoms with E-state index in [0.29, 0.717) is 10.6 Å². The number of fused-ring (bicyclic) bond motifs is 1. The van der Waals surface area contributed by atoms with Gasteiger partial charge < -0.3 is 37.2 Å². The largest absolute Gasteiger partial charge is 1.00 e. The van der Waals surface area contributed by atoms with Gasteiger partial charge in [0.1, 0.15) is 0 Å². The van der Waals surface area contributed by atoms with Crippen LogP contribution in [0.15, 0.2) is 29.8 Å². The molecule has 1 aromatic carbocycles. The smallest absolute Gasteiger partial charge is 1.00 e. The summed E-state index contributed by atoms with van der Waals surface area (Å²) in [5.74, 6) is -0.166. The van der Waals surface area contributed by atoms with Gasteiger partial charge in [0, 0.05) is 0 Å². The van der Waals surface area contributed by atoms with Crippen molar-refractivity contribution in [3.63, 3.8) is 0 Å². The van der Waals surface area contributed by atoms with Crippen LogP contribution in [-0.2, 0) is 30.0 Å². The molecule has 0 aromatic heterocycles. The summed E-state index contributed by atoms with van der Waals surface area (Å²) in [6.07, 6.45) is 2.49. The van der Waals surface area contributed by atoms with Crippen LogP contribution in [0.5, 0.6) is 0 Å². The molecular weight excluding hydrogens is 330 g/mol. The number of rotatable bonds is 2. The van der Waals surface area contributed by atoms with Crippen molar-refractivity contribution >= 4 is 12.0 Å². The molecule has 0 spiro atoms. The van der Waals surface area contributed by atoms with Gasteiger partial charge in [-0.25, -0.2) is 0 Å². The maximum absolute atomic E-state index is 11.2. The second-order valence-corrected chi connectivity index (χ2v) is 4.44. The number of hydrogen-bond acceptors (Lipinski definition) is 2. The summed E-state index contributed by atoms with van der Waals surface area (Å²) in [5, 5.41) is 0. The quantitative estimate of drug-likeness (QED) is 0.395. The van der Waals surface area contributed by atoms with Crippen molar-refractivity contribution < 1.29 is 67.2 Å². The standard InChI is InChI=1S/C12H11O2.3ClH.Ti/c1-14-12(13)8-9-6-10-4-2-3-5-11(10)7-9;;;;/h2-7H,8H2,1H3;3*1H;/q;;;;+3/p-3. The summed E-state index contributed by atoms with van der Waals surface area (Å²) in [6.45, 7) is 0. The number of hydrogen-bond donors (Lipinski definition) is 0. The predicted molar refractivity (Wildman–Crippen MR) is 53.8 cm³/mol. The van der Waals surface area contributed by atoms with Crippen LogP contribution in [0, 0.1) is 0 Å². The van der Waals surface area contributed by atoms with Crippen molar-refractivity contribution in [1.82, 2.24) is 0 Å². The van der Waals surface area contributed by atoms with Crippen molar-refractivity contribution in [1.29, 1.82) is 0 Å². The minimum atomic E-state index is -0.166. The second-order valence-electron chi connectivity index (χ2n) is 3.53. The Bertz CT molecular complexity index is 435. The van der Waals surface area contributed by atoms with Gasteiger partial charge in [0.15, 0.2) is 0 Å². The zero-order valence-electron chi connectivity index (χ0n) is 9.62. The molecule has 0 bridgehead atoms. The van der Waals surface area contributed by atoms with Crippen molar-refractivity contribution in [2.24, 2.45) is 0 Å². The summed E-state index contributed by atoms with van der Waals surface area (Å²) in [4.78, 5) is 11.2. The minimum Gasteiger partial charge on any atom is -1.00 e. The van der Waals surface area contributed by atoms with Crippen LogP contribution in [-0.4, -0.2) is 13.1 Å². The fourth-order valence-electron chi connectivity index (χ4n) is 1.78. The first-order valence-corrected chi connectivity index (χ1v) is 5.70. The summed E-state index contributed by atoms with van der Waals surface area (Å²) >= 11 is 2.13. The van der Waals surface area contributed by atoms with Gasteiger partial charge in [0.25, 0.3) is 0 Å². The molecule has 2 nitrogen and oxygen atoms in total. The minimum absolute atomic E-state index is 0. The molecule has 1 aromatic rings. The van der Waals surface area contributed by atoms with Crippen LogP contribution in [0.2, 0.25) is 0 Å². The fraction of sp³-hybridized carbons (Fsp3) is 0.250. The first kappa shape index (κ1) is 20.3. The van der Waals surface area contributed by atoms with E-state index in [1.807, 2.05) is 12.1 Å². The molecular formula is C12H11Cl3O2Ti. The molecule has 0 radical (unpaired) electrons. The molecule has 0 aliphatic heterocycles. The summed E-state index contributed by atoms with van der Waals surface area (Å²) in [5.41, 5.74) is 3.67. The third-order valence-corrected chi connectivity index (χ3v) is 3.66. The van der Waals surface area contributed by atoms with E-state index in [4.69, 9.17) is 0 Å². The second kappa shape index (κ2) is 9.00. The van der Waals surface area contributed by atoms with Crippen LogP contribution >= 0.6 is 0 Å². The van der Waals surface area contributed by atoms with Crippen molar-refractivity contribution in [3.05, 3.63) is 41.0 Å². The molecule has 0 fully saturated rings. The van der Waals surface area contributed by atoms with Crippen molar-refractivity contribution in [3.8, 4) is 0 Å². The maximum Gasteiger partial charge on any atom is -1.00 e. The Morgan fingerprint density at radius 3 is 2.44 bits per heavy atom. The van der Waals surface area contributed by atoms with E-state index in [9.17, 15) is 4.79 Å². The third-order valence-electron chi connectivity index (χ3n) is 2.59. The molecule has 96 valence electrons. The van der Waals surface area contributed by atoms with Crippen LogP contribution < -0.4 is 37.2 Å². The first-order valence-electron chi connectivity index (χ1n) is 4.79. The van der Waals surface area contributed by atoms with E-state index in [0.717, 1.165) is 5.57 Å². The molecule has 2 rings (SSSR count). The molecule has 1 aliphatic carbocycles. The topological polar surface area (TPSA) is 26.3 Å². The Hall–Kier alpha value is 0.0143. The monoisotopic (exact) mass is 340 g/mol. The van der Waals surface area contributed by atoms with Crippen molar-refractivity contribution in [2.45, 2.75) is 10.6 Å².